The highest BCUT2D eigenvalue weighted by Crippen LogP contribution is 2.46. The summed E-state index contributed by atoms with van der Waals surface area (Å²) in [6.45, 7) is 4.65. The van der Waals surface area contributed by atoms with Crippen LogP contribution in [0.4, 0.5) is 0 Å². The number of hydrogen-bond acceptors (Lipinski definition) is 1. The predicted molar refractivity (Wildman–Crippen MR) is 186 cm³/mol. The lowest BCUT2D eigenvalue weighted by molar-refractivity contribution is 0.467. The molecule has 0 bridgehead atoms. The first-order valence-corrected chi connectivity index (χ1v) is 16.9. The Morgan fingerprint density at radius 1 is 0.767 bits per heavy atom. The molecule has 0 aliphatic heterocycles. The van der Waals surface area contributed by atoms with Gasteiger partial charge in [0.25, 0.3) is 0 Å². The molecule has 0 radical (unpaired) electrons. The molecule has 43 heavy (non-hydrogen) atoms. The Bertz CT molecular complexity index is 2170. The summed E-state index contributed by atoms with van der Waals surface area (Å²) in [4.78, 5) is 0. The summed E-state index contributed by atoms with van der Waals surface area (Å²) in [6.07, 6.45) is 11.9. The maximum atomic E-state index is 2.52. The van der Waals surface area contributed by atoms with E-state index in [0.717, 1.165) is 12.8 Å². The molecule has 2 atom stereocenters. The fourth-order valence-electron chi connectivity index (χ4n) is 8.40. The van der Waals surface area contributed by atoms with Crippen molar-refractivity contribution in [3.63, 3.8) is 0 Å². The number of benzene rings is 5. The van der Waals surface area contributed by atoms with Crippen molar-refractivity contribution in [2.24, 2.45) is 5.92 Å². The molecule has 0 saturated heterocycles. The third kappa shape index (κ3) is 4.09. The Balaban J connectivity index is 1.15. The highest BCUT2D eigenvalue weighted by atomic mass is 32.1. The fourth-order valence-corrected chi connectivity index (χ4v) is 9.53. The van der Waals surface area contributed by atoms with Crippen molar-refractivity contribution in [1.82, 2.24) is 0 Å². The van der Waals surface area contributed by atoms with Crippen LogP contribution in [0.3, 0.4) is 0 Å². The Kier molecular flexibility index (Phi) is 5.82. The van der Waals surface area contributed by atoms with E-state index in [-0.39, 0.29) is 0 Å². The Morgan fingerprint density at radius 2 is 1.67 bits per heavy atom. The van der Waals surface area contributed by atoms with Gasteiger partial charge < -0.3 is 0 Å². The quantitative estimate of drug-likeness (QED) is 0.194. The molecule has 2 unspecified atom stereocenters. The number of aryl methyl sites for hydroxylation is 1. The molecule has 0 amide bonds. The second-order valence-electron chi connectivity index (χ2n) is 13.3. The number of rotatable bonds is 2. The first-order valence-electron chi connectivity index (χ1n) is 16.1. The van der Waals surface area contributed by atoms with E-state index in [4.69, 9.17) is 0 Å². The van der Waals surface area contributed by atoms with Crippen molar-refractivity contribution >= 4 is 47.9 Å². The third-order valence-electron chi connectivity index (χ3n) is 10.5. The first-order chi connectivity index (χ1) is 21.1. The molecular formula is C42H36S. The second kappa shape index (κ2) is 9.79. The summed E-state index contributed by atoms with van der Waals surface area (Å²) < 4.78 is 2.81. The summed E-state index contributed by atoms with van der Waals surface area (Å²) in [5.74, 6) is 1.09. The lowest BCUT2D eigenvalue weighted by Gasteiger charge is -2.31. The van der Waals surface area contributed by atoms with Crippen LogP contribution in [0.15, 0.2) is 103 Å². The van der Waals surface area contributed by atoms with Crippen LogP contribution in [0.1, 0.15) is 71.9 Å². The summed E-state index contributed by atoms with van der Waals surface area (Å²) in [7, 11) is 0. The molecule has 1 aromatic heterocycles. The average molecular weight is 573 g/mol. The van der Waals surface area contributed by atoms with Crippen LogP contribution < -0.4 is 0 Å². The van der Waals surface area contributed by atoms with Gasteiger partial charge >= 0.3 is 0 Å². The Hall–Kier alpha value is -3.94. The largest absolute Gasteiger partial charge is 0.135 e. The van der Waals surface area contributed by atoms with E-state index in [2.05, 4.69) is 111 Å². The van der Waals surface area contributed by atoms with Crippen LogP contribution in [0.25, 0.3) is 47.6 Å². The zero-order valence-electron chi connectivity index (χ0n) is 25.0. The summed E-state index contributed by atoms with van der Waals surface area (Å²) in [5.41, 5.74) is 14.9. The molecule has 0 nitrogen and oxygen atoms in total. The van der Waals surface area contributed by atoms with Gasteiger partial charge in [-0.25, -0.2) is 0 Å². The van der Waals surface area contributed by atoms with E-state index in [1.54, 1.807) is 16.7 Å². The monoisotopic (exact) mass is 572 g/mol. The van der Waals surface area contributed by atoms with Gasteiger partial charge in [-0.15, -0.1) is 11.3 Å². The summed E-state index contributed by atoms with van der Waals surface area (Å²) >= 11 is 1.94. The van der Waals surface area contributed by atoms with Crippen molar-refractivity contribution in [3.8, 4) is 11.1 Å². The normalized spacial score (nSPS) is 19.6. The van der Waals surface area contributed by atoms with Gasteiger partial charge in [0, 0.05) is 26.1 Å². The maximum absolute atomic E-state index is 2.52. The van der Waals surface area contributed by atoms with Crippen LogP contribution in [-0.2, 0) is 12.8 Å². The van der Waals surface area contributed by atoms with E-state index in [9.17, 15) is 0 Å². The van der Waals surface area contributed by atoms with Crippen molar-refractivity contribution in [2.75, 3.05) is 0 Å². The standard InChI is InChI=1S/C42H36S/c1-25-11-18-41-40(19-25)35-17-15-30(24-42(35)43-41)36-20-26(2)21-38-34(36)16-14-27-12-13-29(22-37(27)38)32-9-6-10-33-31-8-5-3-4-7-28(31)23-39(32)33/h4,6-7,9-19,22,24,26,36H,3,5,8,20-21,23H2,1-2H3. The molecule has 0 spiro atoms. The zero-order chi connectivity index (χ0) is 28.7. The highest BCUT2D eigenvalue weighted by Gasteiger charge is 2.29. The van der Waals surface area contributed by atoms with E-state index in [0.29, 0.717) is 11.8 Å². The molecule has 3 aliphatic rings. The lowest BCUT2D eigenvalue weighted by atomic mass is 9.73. The van der Waals surface area contributed by atoms with Gasteiger partial charge in [0.2, 0.25) is 0 Å². The summed E-state index contributed by atoms with van der Waals surface area (Å²) in [6, 6.07) is 33.3. The minimum Gasteiger partial charge on any atom is -0.135 e. The minimum atomic E-state index is 0.441. The molecule has 210 valence electrons. The smallest absolute Gasteiger partial charge is 0.0358 e. The molecule has 1 heterocycles. The highest BCUT2D eigenvalue weighted by molar-refractivity contribution is 7.25. The van der Waals surface area contributed by atoms with Gasteiger partial charge in [0.05, 0.1) is 0 Å². The maximum Gasteiger partial charge on any atom is 0.0358 e. The Labute approximate surface area is 258 Å². The fraction of sp³-hybridized carbons (Fsp3) is 0.238. The number of hydrogen-bond donors (Lipinski definition) is 0. The first kappa shape index (κ1) is 25.5. The average Bonchev–Trinajstić information content (AvgIpc) is 3.47. The predicted octanol–water partition coefficient (Wildman–Crippen LogP) is 11.9. The van der Waals surface area contributed by atoms with Crippen LogP contribution in [-0.4, -0.2) is 0 Å². The van der Waals surface area contributed by atoms with E-state index >= 15 is 0 Å². The van der Waals surface area contributed by atoms with Gasteiger partial charge in [-0.3, -0.25) is 0 Å². The van der Waals surface area contributed by atoms with Gasteiger partial charge in [-0.2, -0.15) is 0 Å². The van der Waals surface area contributed by atoms with E-state index in [1.807, 2.05) is 11.3 Å². The van der Waals surface area contributed by atoms with E-state index in [1.165, 1.54) is 95.6 Å². The van der Waals surface area contributed by atoms with Crippen molar-refractivity contribution in [3.05, 3.63) is 136 Å². The van der Waals surface area contributed by atoms with Crippen molar-refractivity contribution in [2.45, 2.75) is 58.3 Å². The Morgan fingerprint density at radius 3 is 2.63 bits per heavy atom. The number of thiophene rings is 1. The van der Waals surface area contributed by atoms with Gasteiger partial charge in [-0.05, 0) is 136 Å². The molecule has 5 aromatic carbocycles. The molecule has 6 aromatic rings. The number of fused-ring (bicyclic) bond motifs is 8. The molecular weight excluding hydrogens is 537 g/mol. The minimum absolute atomic E-state index is 0.441. The third-order valence-corrected chi connectivity index (χ3v) is 11.6. The molecule has 1 heteroatoms. The van der Waals surface area contributed by atoms with Gasteiger partial charge in [0.15, 0.2) is 0 Å². The van der Waals surface area contributed by atoms with Gasteiger partial charge in [-0.1, -0.05) is 85.3 Å². The topological polar surface area (TPSA) is 0 Å². The van der Waals surface area contributed by atoms with Crippen LogP contribution in [0.2, 0.25) is 0 Å². The van der Waals surface area contributed by atoms with Crippen LogP contribution >= 0.6 is 11.3 Å². The second-order valence-corrected chi connectivity index (χ2v) is 14.4. The molecule has 0 saturated carbocycles. The SMILES string of the molecule is Cc1ccc2sc3cc(C4CC(C)Cc5c4ccc4ccc(-c6cccc7c6CC6=C7CCCC=C6)cc54)ccc3c2c1. The molecule has 3 aliphatic carbocycles. The number of allylic oxidation sites excluding steroid dienone is 4. The summed E-state index contributed by atoms with van der Waals surface area (Å²) in [5, 5.41) is 5.62. The van der Waals surface area contributed by atoms with Crippen molar-refractivity contribution < 1.29 is 0 Å². The van der Waals surface area contributed by atoms with E-state index < -0.39 is 0 Å². The van der Waals surface area contributed by atoms with Crippen molar-refractivity contribution in [1.29, 1.82) is 0 Å². The molecule has 9 rings (SSSR count). The van der Waals surface area contributed by atoms with Crippen LogP contribution in [0, 0.1) is 12.8 Å². The lowest BCUT2D eigenvalue weighted by Crippen LogP contribution is -2.18. The zero-order valence-corrected chi connectivity index (χ0v) is 25.9. The molecule has 0 N–H and O–H groups in total. The van der Waals surface area contributed by atoms with Gasteiger partial charge in [0.1, 0.15) is 0 Å². The van der Waals surface area contributed by atoms with Crippen LogP contribution in [0.5, 0.6) is 0 Å². The molecule has 0 fully saturated rings.